The maximum Gasteiger partial charge on any atom is 0.253 e. The summed E-state index contributed by atoms with van der Waals surface area (Å²) < 4.78 is 19.3. The molecule has 2 aromatic rings. The smallest absolute Gasteiger partial charge is 0.253 e. The molecule has 3 N–H and O–H groups in total. The summed E-state index contributed by atoms with van der Waals surface area (Å²) in [7, 11) is 1.49. The zero-order valence-electron chi connectivity index (χ0n) is 12.4. The number of amides is 1. The van der Waals surface area contributed by atoms with E-state index in [2.05, 4.69) is 10.3 Å². The van der Waals surface area contributed by atoms with Crippen molar-refractivity contribution in [2.45, 2.75) is 37.8 Å². The second-order valence-electron chi connectivity index (χ2n) is 5.63. The molecule has 0 radical (unpaired) electrons. The van der Waals surface area contributed by atoms with Crippen molar-refractivity contribution in [3.05, 3.63) is 29.7 Å². The van der Waals surface area contributed by atoms with Crippen LogP contribution in [-0.2, 0) is 0 Å². The van der Waals surface area contributed by atoms with E-state index in [0.29, 0.717) is 17.7 Å². The van der Waals surface area contributed by atoms with E-state index < -0.39 is 11.9 Å². The number of hydrogen-bond acceptors (Lipinski definition) is 3. The van der Waals surface area contributed by atoms with Gasteiger partial charge in [-0.2, -0.15) is 0 Å². The van der Waals surface area contributed by atoms with Gasteiger partial charge in [-0.15, -0.1) is 0 Å². The van der Waals surface area contributed by atoms with Crippen LogP contribution in [-0.4, -0.2) is 35.3 Å². The fourth-order valence-corrected chi connectivity index (χ4v) is 3.06. The summed E-state index contributed by atoms with van der Waals surface area (Å²) in [5, 5.41) is 13.0. The lowest BCUT2D eigenvalue weighted by atomic mass is 9.92. The molecular formula is C16H19FN2O3. The summed E-state index contributed by atoms with van der Waals surface area (Å²) in [4.78, 5) is 15.3. The van der Waals surface area contributed by atoms with Crippen molar-refractivity contribution in [3.8, 4) is 5.75 Å². The van der Waals surface area contributed by atoms with Crippen molar-refractivity contribution in [2.75, 3.05) is 7.11 Å². The number of carbonyl (C=O) groups excluding carboxylic acids is 1. The number of aliphatic hydroxyl groups is 1. The standard InChI is InChI=1S/C16H19FN2O3/c1-22-13-7-6-10(17)14-9(8-18-15(13)14)16(21)19-11-4-2-3-5-12(11)20/h6-8,11-12,18,20H,2-5H2,1H3,(H,19,21). The zero-order valence-corrected chi connectivity index (χ0v) is 12.4. The van der Waals surface area contributed by atoms with Gasteiger partial charge in [0.1, 0.15) is 11.6 Å². The van der Waals surface area contributed by atoms with E-state index in [1.54, 1.807) is 0 Å². The van der Waals surface area contributed by atoms with E-state index >= 15 is 0 Å². The van der Waals surface area contributed by atoms with Crippen molar-refractivity contribution in [1.29, 1.82) is 0 Å². The third-order valence-corrected chi connectivity index (χ3v) is 4.26. The minimum atomic E-state index is -0.540. The number of hydrogen-bond donors (Lipinski definition) is 3. The minimum absolute atomic E-state index is 0.210. The van der Waals surface area contributed by atoms with E-state index in [4.69, 9.17) is 4.74 Å². The second-order valence-corrected chi connectivity index (χ2v) is 5.63. The fraction of sp³-hybridized carbons (Fsp3) is 0.438. The highest BCUT2D eigenvalue weighted by atomic mass is 19.1. The lowest BCUT2D eigenvalue weighted by Crippen LogP contribution is -2.45. The molecule has 3 rings (SSSR count). The Bertz CT molecular complexity index is 698. The normalized spacial score (nSPS) is 21.8. The van der Waals surface area contributed by atoms with Gasteiger partial charge in [0.25, 0.3) is 5.91 Å². The molecule has 0 spiro atoms. The van der Waals surface area contributed by atoms with Gasteiger partial charge < -0.3 is 20.1 Å². The maximum atomic E-state index is 14.1. The summed E-state index contributed by atoms with van der Waals surface area (Å²) in [5.41, 5.74) is 0.681. The first kappa shape index (κ1) is 14.8. The predicted octanol–water partition coefficient (Wildman–Crippen LogP) is 2.35. The summed E-state index contributed by atoms with van der Waals surface area (Å²) in [6.07, 6.45) is 4.29. The first-order chi connectivity index (χ1) is 10.6. The van der Waals surface area contributed by atoms with Crippen LogP contribution in [0.1, 0.15) is 36.0 Å². The number of rotatable bonds is 3. The van der Waals surface area contributed by atoms with E-state index in [0.717, 1.165) is 19.3 Å². The Balaban J connectivity index is 1.91. The Morgan fingerprint density at radius 3 is 2.91 bits per heavy atom. The van der Waals surface area contributed by atoms with Crippen LogP contribution < -0.4 is 10.1 Å². The molecule has 2 unspecified atom stereocenters. The van der Waals surface area contributed by atoms with Gasteiger partial charge in [0.05, 0.1) is 35.7 Å². The SMILES string of the molecule is COc1ccc(F)c2c(C(=O)NC3CCCCC3O)c[nH]c12. The monoisotopic (exact) mass is 306 g/mol. The highest BCUT2D eigenvalue weighted by molar-refractivity contribution is 6.08. The molecule has 1 amide bonds. The topological polar surface area (TPSA) is 74.3 Å². The number of carbonyl (C=O) groups is 1. The summed E-state index contributed by atoms with van der Waals surface area (Å²) >= 11 is 0. The molecule has 1 aliphatic carbocycles. The Kier molecular flexibility index (Phi) is 4.02. The molecule has 0 aliphatic heterocycles. The molecular weight excluding hydrogens is 287 g/mol. The minimum Gasteiger partial charge on any atom is -0.495 e. The molecule has 1 aliphatic rings. The van der Waals surface area contributed by atoms with E-state index in [-0.39, 0.29) is 22.9 Å². The molecule has 2 atom stereocenters. The van der Waals surface area contributed by atoms with Crippen molar-refractivity contribution < 1.29 is 19.0 Å². The highest BCUT2D eigenvalue weighted by Gasteiger charge is 2.26. The maximum absolute atomic E-state index is 14.1. The van der Waals surface area contributed by atoms with E-state index in [9.17, 15) is 14.3 Å². The van der Waals surface area contributed by atoms with Gasteiger partial charge in [0, 0.05) is 6.20 Å². The lowest BCUT2D eigenvalue weighted by molar-refractivity contribution is 0.0718. The molecule has 1 heterocycles. The van der Waals surface area contributed by atoms with Crippen molar-refractivity contribution >= 4 is 16.8 Å². The largest absolute Gasteiger partial charge is 0.495 e. The van der Waals surface area contributed by atoms with Crippen molar-refractivity contribution in [1.82, 2.24) is 10.3 Å². The molecule has 1 aromatic heterocycles. The van der Waals surface area contributed by atoms with Gasteiger partial charge in [-0.05, 0) is 25.0 Å². The van der Waals surface area contributed by atoms with Crippen LogP contribution in [0.5, 0.6) is 5.75 Å². The summed E-state index contributed by atoms with van der Waals surface area (Å²) in [6.45, 7) is 0. The number of nitrogens with one attached hydrogen (secondary N) is 2. The van der Waals surface area contributed by atoms with Crippen LogP contribution in [0.4, 0.5) is 4.39 Å². The Morgan fingerprint density at radius 1 is 1.41 bits per heavy atom. The number of ether oxygens (including phenoxy) is 1. The summed E-state index contributed by atoms with van der Waals surface area (Å²) in [5.74, 6) is -0.385. The molecule has 1 fully saturated rings. The van der Waals surface area contributed by atoms with Gasteiger partial charge in [0.2, 0.25) is 0 Å². The molecule has 1 saturated carbocycles. The average molecular weight is 306 g/mol. The molecule has 22 heavy (non-hydrogen) atoms. The van der Waals surface area contributed by atoms with E-state index in [1.807, 2.05) is 0 Å². The van der Waals surface area contributed by atoms with E-state index in [1.165, 1.54) is 25.4 Å². The van der Waals surface area contributed by atoms with Gasteiger partial charge in [-0.3, -0.25) is 4.79 Å². The number of fused-ring (bicyclic) bond motifs is 1. The van der Waals surface area contributed by atoms with Crippen molar-refractivity contribution in [3.63, 3.8) is 0 Å². The number of H-pyrrole nitrogens is 1. The molecule has 118 valence electrons. The highest BCUT2D eigenvalue weighted by Crippen LogP contribution is 2.30. The molecule has 5 nitrogen and oxygen atoms in total. The number of benzene rings is 1. The predicted molar refractivity (Wildman–Crippen MR) is 80.5 cm³/mol. The van der Waals surface area contributed by atoms with Crippen LogP contribution in [0.3, 0.4) is 0 Å². The van der Waals surface area contributed by atoms with Crippen LogP contribution in [0.15, 0.2) is 18.3 Å². The summed E-state index contributed by atoms with van der Waals surface area (Å²) in [6, 6.07) is 2.52. The second kappa shape index (κ2) is 5.96. The number of halogens is 1. The van der Waals surface area contributed by atoms with Gasteiger partial charge >= 0.3 is 0 Å². The van der Waals surface area contributed by atoms with Crippen LogP contribution in [0, 0.1) is 5.82 Å². The average Bonchev–Trinajstić information content (AvgIpc) is 2.96. The quantitative estimate of drug-likeness (QED) is 0.815. The van der Waals surface area contributed by atoms with Crippen LogP contribution in [0.2, 0.25) is 0 Å². The van der Waals surface area contributed by atoms with Crippen molar-refractivity contribution in [2.24, 2.45) is 0 Å². The Morgan fingerprint density at radius 2 is 2.18 bits per heavy atom. The van der Waals surface area contributed by atoms with Crippen LogP contribution >= 0.6 is 0 Å². The van der Waals surface area contributed by atoms with Crippen LogP contribution in [0.25, 0.3) is 10.9 Å². The first-order valence-electron chi connectivity index (χ1n) is 7.44. The van der Waals surface area contributed by atoms with Gasteiger partial charge in [0.15, 0.2) is 0 Å². The first-order valence-corrected chi connectivity index (χ1v) is 7.44. The number of aliphatic hydroxyl groups excluding tert-OH is 1. The third kappa shape index (κ3) is 2.54. The number of aromatic nitrogens is 1. The number of aromatic amines is 1. The zero-order chi connectivity index (χ0) is 15.7. The molecule has 0 bridgehead atoms. The molecule has 1 aromatic carbocycles. The third-order valence-electron chi connectivity index (χ3n) is 4.26. The Labute approximate surface area is 127 Å². The van der Waals surface area contributed by atoms with Gasteiger partial charge in [-0.1, -0.05) is 12.8 Å². The molecule has 0 saturated heterocycles. The molecule has 6 heteroatoms. The Hall–Kier alpha value is -2.08. The fourth-order valence-electron chi connectivity index (χ4n) is 3.06. The van der Waals surface area contributed by atoms with Gasteiger partial charge in [-0.25, -0.2) is 4.39 Å². The number of methoxy groups -OCH3 is 1. The lowest BCUT2D eigenvalue weighted by Gasteiger charge is -2.28.